The van der Waals surface area contributed by atoms with E-state index in [0.717, 1.165) is 29.7 Å². The molecule has 1 saturated carbocycles. The Bertz CT molecular complexity index is 934. The Labute approximate surface area is 202 Å². The first kappa shape index (κ1) is 26.1. The number of unbranched alkanes of at least 4 members (excludes halogenated alkanes) is 1. The smallest absolute Gasteiger partial charge is 0.345 e. The van der Waals surface area contributed by atoms with E-state index >= 15 is 0 Å². The van der Waals surface area contributed by atoms with Crippen LogP contribution in [0.25, 0.3) is 6.08 Å². The third kappa shape index (κ3) is 8.03. The molecule has 5 heteroatoms. The van der Waals surface area contributed by atoms with Gasteiger partial charge in [0, 0.05) is 12.3 Å². The molecular formula is C29H37F2NO2. The second-order valence-electron chi connectivity index (χ2n) is 9.57. The number of nitrogens with zero attached hydrogens (tertiary/aromatic N) is 1. The summed E-state index contributed by atoms with van der Waals surface area (Å²) in [7, 11) is 0. The summed E-state index contributed by atoms with van der Waals surface area (Å²) in [5.41, 5.74) is 1.04. The van der Waals surface area contributed by atoms with Crippen LogP contribution < -0.4 is 4.74 Å². The van der Waals surface area contributed by atoms with E-state index in [0.29, 0.717) is 5.92 Å². The number of benzene rings is 1. The van der Waals surface area contributed by atoms with Gasteiger partial charge in [-0.25, -0.2) is 13.6 Å². The molecule has 0 amide bonds. The molecule has 0 N–H and O–H groups in total. The molecule has 0 aliphatic heterocycles. The van der Waals surface area contributed by atoms with Crippen LogP contribution in [-0.2, 0) is 0 Å². The van der Waals surface area contributed by atoms with Gasteiger partial charge in [0.25, 0.3) is 0 Å². The fourth-order valence-corrected chi connectivity index (χ4v) is 4.75. The van der Waals surface area contributed by atoms with E-state index in [1.54, 1.807) is 12.1 Å². The van der Waals surface area contributed by atoms with Gasteiger partial charge in [-0.2, -0.15) is 0 Å². The molecule has 1 aromatic carbocycles. The van der Waals surface area contributed by atoms with Crippen LogP contribution in [0.15, 0.2) is 42.6 Å². The number of rotatable bonds is 11. The van der Waals surface area contributed by atoms with E-state index in [2.05, 4.69) is 24.9 Å². The first-order valence-corrected chi connectivity index (χ1v) is 12.8. The molecule has 1 aliphatic rings. The second-order valence-corrected chi connectivity index (χ2v) is 9.57. The molecular weight excluding hydrogens is 432 g/mol. The van der Waals surface area contributed by atoms with Gasteiger partial charge in [-0.05, 0) is 73.8 Å². The second kappa shape index (κ2) is 13.4. The lowest BCUT2D eigenvalue weighted by Crippen LogP contribution is -2.14. The highest BCUT2D eigenvalue weighted by molar-refractivity contribution is 5.90. The Morgan fingerprint density at radius 2 is 1.88 bits per heavy atom. The van der Waals surface area contributed by atoms with Gasteiger partial charge in [0.15, 0.2) is 11.6 Å². The highest BCUT2D eigenvalue weighted by atomic mass is 19.2. The highest BCUT2D eigenvalue weighted by Crippen LogP contribution is 2.34. The number of halogens is 2. The number of carbonyl (C=O) groups excluding carboxylic acids is 1. The van der Waals surface area contributed by atoms with Crippen LogP contribution in [0.3, 0.4) is 0 Å². The summed E-state index contributed by atoms with van der Waals surface area (Å²) in [6.45, 7) is 4.61. The lowest BCUT2D eigenvalue weighted by molar-refractivity contribution is 0.0733. The Morgan fingerprint density at radius 1 is 1.09 bits per heavy atom. The zero-order valence-electron chi connectivity index (χ0n) is 20.4. The first-order chi connectivity index (χ1) is 16.5. The Balaban J connectivity index is 1.43. The zero-order valence-corrected chi connectivity index (χ0v) is 20.4. The summed E-state index contributed by atoms with van der Waals surface area (Å²) in [6.07, 6.45) is 18.9. The molecule has 1 aliphatic carbocycles. The summed E-state index contributed by atoms with van der Waals surface area (Å²) in [5, 5.41) is 0. The number of aromatic nitrogens is 1. The normalized spacial score (nSPS) is 19.3. The van der Waals surface area contributed by atoms with Crippen LogP contribution >= 0.6 is 0 Å². The average Bonchev–Trinajstić information content (AvgIpc) is 2.86. The van der Waals surface area contributed by atoms with Crippen molar-refractivity contribution < 1.29 is 18.3 Å². The van der Waals surface area contributed by atoms with Gasteiger partial charge in [-0.1, -0.05) is 58.4 Å². The molecule has 3 rings (SSSR count). The van der Waals surface area contributed by atoms with Crippen molar-refractivity contribution in [2.45, 2.75) is 78.1 Å². The fourth-order valence-electron chi connectivity index (χ4n) is 4.75. The number of hydrogen-bond acceptors (Lipinski definition) is 3. The molecule has 1 heterocycles. The number of hydrogen-bond donors (Lipinski definition) is 0. The van der Waals surface area contributed by atoms with E-state index in [1.165, 1.54) is 76.5 Å². The van der Waals surface area contributed by atoms with Crippen LogP contribution in [0.4, 0.5) is 8.78 Å². The van der Waals surface area contributed by atoms with Gasteiger partial charge in [-0.3, -0.25) is 4.98 Å². The fraction of sp³-hybridized carbons (Fsp3) is 0.517. The van der Waals surface area contributed by atoms with Crippen molar-refractivity contribution >= 4 is 12.0 Å². The predicted molar refractivity (Wildman–Crippen MR) is 133 cm³/mol. The van der Waals surface area contributed by atoms with Gasteiger partial charge in [0.1, 0.15) is 5.75 Å². The number of allylic oxidation sites excluding steroid dienone is 1. The molecule has 2 aromatic rings. The van der Waals surface area contributed by atoms with E-state index in [4.69, 9.17) is 4.74 Å². The Hall–Kier alpha value is -2.56. The molecule has 1 fully saturated rings. The maximum absolute atomic E-state index is 13.3. The maximum Gasteiger partial charge on any atom is 0.345 e. The molecule has 1 unspecified atom stereocenters. The maximum atomic E-state index is 13.3. The van der Waals surface area contributed by atoms with Gasteiger partial charge < -0.3 is 4.74 Å². The molecule has 0 bridgehead atoms. The topological polar surface area (TPSA) is 39.2 Å². The zero-order chi connectivity index (χ0) is 24.3. The van der Waals surface area contributed by atoms with E-state index < -0.39 is 17.6 Å². The largest absolute Gasteiger partial charge is 0.423 e. The quantitative estimate of drug-likeness (QED) is 0.245. The van der Waals surface area contributed by atoms with Crippen molar-refractivity contribution in [3.8, 4) is 5.75 Å². The molecule has 0 saturated heterocycles. The SMILES string of the molecule is CCCCC(CC)CCC1CCC(C=Cc2ccc(C(=O)Oc3ccc(F)c(F)c3)cn2)CC1. The summed E-state index contributed by atoms with van der Waals surface area (Å²) in [4.78, 5) is 16.6. The minimum Gasteiger partial charge on any atom is -0.423 e. The molecule has 0 spiro atoms. The van der Waals surface area contributed by atoms with Crippen LogP contribution in [0, 0.1) is 29.4 Å². The van der Waals surface area contributed by atoms with Crippen molar-refractivity contribution in [2.75, 3.05) is 0 Å². The lowest BCUT2D eigenvalue weighted by atomic mass is 9.78. The minimum atomic E-state index is -1.06. The average molecular weight is 470 g/mol. The summed E-state index contributed by atoms with van der Waals surface area (Å²) in [6, 6.07) is 6.39. The molecule has 1 atom stereocenters. The summed E-state index contributed by atoms with van der Waals surface area (Å²) >= 11 is 0. The summed E-state index contributed by atoms with van der Waals surface area (Å²) < 4.78 is 31.4. The van der Waals surface area contributed by atoms with Crippen molar-refractivity contribution in [3.63, 3.8) is 0 Å². The monoisotopic (exact) mass is 469 g/mol. The number of ether oxygens (including phenoxy) is 1. The summed E-state index contributed by atoms with van der Waals surface area (Å²) in [5.74, 6) is -0.395. The molecule has 3 nitrogen and oxygen atoms in total. The molecule has 0 radical (unpaired) electrons. The van der Waals surface area contributed by atoms with E-state index in [9.17, 15) is 13.6 Å². The predicted octanol–water partition coefficient (Wildman–Crippen LogP) is 8.40. The molecule has 184 valence electrons. The third-order valence-corrected chi connectivity index (χ3v) is 7.08. The number of carbonyl (C=O) groups is 1. The van der Waals surface area contributed by atoms with E-state index in [1.807, 2.05) is 6.08 Å². The Morgan fingerprint density at radius 3 is 2.53 bits per heavy atom. The van der Waals surface area contributed by atoms with Crippen molar-refractivity contribution in [3.05, 3.63) is 65.5 Å². The van der Waals surface area contributed by atoms with Crippen LogP contribution in [0.1, 0.15) is 94.1 Å². The van der Waals surface area contributed by atoms with Crippen LogP contribution in [0.2, 0.25) is 0 Å². The standard InChI is InChI=1S/C29H37F2NO2/c1-3-5-6-21(4-2)7-8-22-9-11-23(12-10-22)13-15-25-16-14-24(20-32-25)29(33)34-26-17-18-27(30)28(31)19-26/h13-23H,3-12H2,1-2H3. The van der Waals surface area contributed by atoms with Gasteiger partial charge >= 0.3 is 5.97 Å². The van der Waals surface area contributed by atoms with Gasteiger partial charge in [0.2, 0.25) is 0 Å². The molecule has 1 aromatic heterocycles. The van der Waals surface area contributed by atoms with E-state index in [-0.39, 0.29) is 11.3 Å². The molecule has 34 heavy (non-hydrogen) atoms. The van der Waals surface area contributed by atoms with Crippen molar-refractivity contribution in [1.82, 2.24) is 4.98 Å². The Kier molecular flexibility index (Phi) is 10.2. The number of esters is 1. The van der Waals surface area contributed by atoms with Gasteiger partial charge in [-0.15, -0.1) is 0 Å². The minimum absolute atomic E-state index is 0.0466. The van der Waals surface area contributed by atoms with Crippen molar-refractivity contribution in [2.24, 2.45) is 17.8 Å². The van der Waals surface area contributed by atoms with Crippen molar-refractivity contribution in [1.29, 1.82) is 0 Å². The van der Waals surface area contributed by atoms with Gasteiger partial charge in [0.05, 0.1) is 11.3 Å². The number of pyridine rings is 1. The van der Waals surface area contributed by atoms with Crippen LogP contribution in [-0.4, -0.2) is 11.0 Å². The third-order valence-electron chi connectivity index (χ3n) is 7.08. The van der Waals surface area contributed by atoms with Crippen LogP contribution in [0.5, 0.6) is 5.75 Å². The first-order valence-electron chi connectivity index (χ1n) is 12.8. The lowest BCUT2D eigenvalue weighted by Gasteiger charge is -2.28. The highest BCUT2D eigenvalue weighted by Gasteiger charge is 2.20.